The number of aromatic nitrogens is 3. The number of hydrogen-bond acceptors (Lipinski definition) is 3. The maximum absolute atomic E-state index is 12.7. The normalized spacial score (nSPS) is 13.5. The Bertz CT molecular complexity index is 612. The van der Waals surface area contributed by atoms with E-state index in [2.05, 4.69) is 26.2 Å². The van der Waals surface area contributed by atoms with Gasteiger partial charge in [0.25, 0.3) is 0 Å². The zero-order valence-electron chi connectivity index (χ0n) is 10.4. The molecule has 1 atom stereocenters. The Morgan fingerprint density at radius 1 is 1.35 bits per heavy atom. The van der Waals surface area contributed by atoms with Crippen molar-refractivity contribution in [3.8, 4) is 5.69 Å². The van der Waals surface area contributed by atoms with Crippen molar-refractivity contribution in [3.63, 3.8) is 0 Å². The van der Waals surface area contributed by atoms with Crippen molar-refractivity contribution in [2.24, 2.45) is 0 Å². The van der Waals surface area contributed by atoms with E-state index in [-0.39, 0.29) is 10.2 Å². The smallest absolute Gasteiger partial charge is 0.387 e. The van der Waals surface area contributed by atoms with Crippen LogP contribution in [0.5, 0.6) is 0 Å². The van der Waals surface area contributed by atoms with Gasteiger partial charge in [-0.1, -0.05) is 28.1 Å². The minimum absolute atomic E-state index is 0.216. The molecular weight excluding hydrogens is 339 g/mol. The van der Waals surface area contributed by atoms with Crippen molar-refractivity contribution in [1.82, 2.24) is 15.0 Å². The summed E-state index contributed by atoms with van der Waals surface area (Å²) in [6.45, 7) is 1.77. The molecule has 0 saturated heterocycles. The highest BCUT2D eigenvalue weighted by Gasteiger charge is 2.31. The number of alkyl halides is 3. The van der Waals surface area contributed by atoms with E-state index in [1.807, 2.05) is 0 Å². The summed E-state index contributed by atoms with van der Waals surface area (Å²) in [6.07, 6.45) is -3.36. The van der Waals surface area contributed by atoms with E-state index >= 15 is 0 Å². The van der Waals surface area contributed by atoms with Crippen LogP contribution in [0.25, 0.3) is 5.69 Å². The van der Waals surface area contributed by atoms with E-state index in [4.69, 9.17) is 0 Å². The average molecular weight is 350 g/mol. The Hall–Kier alpha value is -1.41. The summed E-state index contributed by atoms with van der Waals surface area (Å²) in [5.41, 5.74) is -0.246. The van der Waals surface area contributed by atoms with Crippen LogP contribution in [0.15, 0.2) is 28.9 Å². The molecule has 1 aromatic heterocycles. The first-order valence-electron chi connectivity index (χ1n) is 5.79. The van der Waals surface area contributed by atoms with Gasteiger partial charge >= 0.3 is 6.18 Å². The van der Waals surface area contributed by atoms with E-state index in [1.54, 1.807) is 6.92 Å². The molecule has 4 nitrogen and oxygen atoms in total. The molecule has 20 heavy (non-hydrogen) atoms. The molecule has 2 rings (SSSR count). The Labute approximate surface area is 121 Å². The third-order valence-corrected chi connectivity index (χ3v) is 3.17. The van der Waals surface area contributed by atoms with Gasteiger partial charge in [-0.2, -0.15) is 13.2 Å². The van der Waals surface area contributed by atoms with E-state index in [0.717, 1.165) is 12.1 Å². The summed E-state index contributed by atoms with van der Waals surface area (Å²) >= 11 is 3.04. The number of hydrogen-bond donors (Lipinski definition) is 1. The minimum atomic E-state index is -4.44. The highest BCUT2D eigenvalue weighted by Crippen LogP contribution is 2.32. The van der Waals surface area contributed by atoms with Crippen LogP contribution >= 0.6 is 15.9 Å². The lowest BCUT2D eigenvalue weighted by molar-refractivity contribution is -0.137. The highest BCUT2D eigenvalue weighted by atomic mass is 79.9. The standard InChI is InChI=1S/C12H11BrF3N3O/c1-2-11(20)10-6-19(18-17-10)9-4-7(12(14,15)16)3-8(13)5-9/h3-6,11,20H,2H2,1H3. The van der Waals surface area contributed by atoms with Crippen molar-refractivity contribution < 1.29 is 18.3 Å². The van der Waals surface area contributed by atoms with E-state index < -0.39 is 17.8 Å². The van der Waals surface area contributed by atoms with Crippen molar-refractivity contribution >= 4 is 15.9 Å². The second kappa shape index (κ2) is 5.53. The fraction of sp³-hybridized carbons (Fsp3) is 0.333. The van der Waals surface area contributed by atoms with Gasteiger partial charge in [0.05, 0.1) is 23.6 Å². The van der Waals surface area contributed by atoms with Gasteiger partial charge in [0, 0.05) is 4.47 Å². The molecule has 1 aromatic carbocycles. The second-order valence-electron chi connectivity index (χ2n) is 4.21. The molecule has 0 aliphatic heterocycles. The summed E-state index contributed by atoms with van der Waals surface area (Å²) in [6, 6.07) is 3.45. The van der Waals surface area contributed by atoms with E-state index in [9.17, 15) is 18.3 Å². The molecule has 0 radical (unpaired) electrons. The molecular formula is C12H11BrF3N3O. The van der Waals surface area contributed by atoms with Gasteiger partial charge < -0.3 is 5.11 Å². The zero-order valence-corrected chi connectivity index (χ0v) is 12.0. The lowest BCUT2D eigenvalue weighted by Gasteiger charge is -2.09. The van der Waals surface area contributed by atoms with Gasteiger partial charge in [0.15, 0.2) is 0 Å². The number of aliphatic hydroxyl groups excluding tert-OH is 1. The molecule has 0 spiro atoms. The summed E-state index contributed by atoms with van der Waals surface area (Å²) in [5.74, 6) is 0. The Morgan fingerprint density at radius 2 is 2.05 bits per heavy atom. The van der Waals surface area contributed by atoms with Gasteiger partial charge in [-0.05, 0) is 24.6 Å². The van der Waals surface area contributed by atoms with Crippen molar-refractivity contribution in [2.45, 2.75) is 25.6 Å². The van der Waals surface area contributed by atoms with Gasteiger partial charge in [-0.15, -0.1) is 5.10 Å². The molecule has 0 fully saturated rings. The van der Waals surface area contributed by atoms with Gasteiger partial charge in [0.1, 0.15) is 5.69 Å². The predicted molar refractivity (Wildman–Crippen MR) is 69.3 cm³/mol. The van der Waals surface area contributed by atoms with Crippen molar-refractivity contribution in [1.29, 1.82) is 0 Å². The number of benzene rings is 1. The van der Waals surface area contributed by atoms with Crippen LogP contribution in [0, 0.1) is 0 Å². The molecule has 1 heterocycles. The van der Waals surface area contributed by atoms with Gasteiger partial charge in [-0.25, -0.2) is 4.68 Å². The van der Waals surface area contributed by atoms with Gasteiger partial charge in [0.2, 0.25) is 0 Å². The zero-order chi connectivity index (χ0) is 14.9. The largest absolute Gasteiger partial charge is 0.416 e. The Kier molecular flexibility index (Phi) is 4.14. The molecule has 0 aliphatic carbocycles. The molecule has 108 valence electrons. The highest BCUT2D eigenvalue weighted by molar-refractivity contribution is 9.10. The Balaban J connectivity index is 2.42. The fourth-order valence-electron chi connectivity index (χ4n) is 1.63. The lowest BCUT2D eigenvalue weighted by atomic mass is 10.2. The number of aliphatic hydroxyl groups is 1. The molecule has 2 aromatic rings. The third kappa shape index (κ3) is 3.18. The summed E-state index contributed by atoms with van der Waals surface area (Å²) in [4.78, 5) is 0. The van der Waals surface area contributed by atoms with Crippen LogP contribution < -0.4 is 0 Å². The molecule has 8 heteroatoms. The maximum atomic E-state index is 12.7. The first-order valence-corrected chi connectivity index (χ1v) is 6.59. The molecule has 1 N–H and O–H groups in total. The van der Waals surface area contributed by atoms with Crippen LogP contribution in [0.4, 0.5) is 13.2 Å². The SMILES string of the molecule is CCC(O)c1cn(-c2cc(Br)cc(C(F)(F)F)c2)nn1. The maximum Gasteiger partial charge on any atom is 0.416 e. The quantitative estimate of drug-likeness (QED) is 0.922. The fourth-order valence-corrected chi connectivity index (χ4v) is 2.12. The second-order valence-corrected chi connectivity index (χ2v) is 5.12. The molecule has 0 amide bonds. The average Bonchev–Trinajstić information content (AvgIpc) is 2.85. The van der Waals surface area contributed by atoms with E-state index in [0.29, 0.717) is 12.1 Å². The summed E-state index contributed by atoms with van der Waals surface area (Å²) in [5, 5.41) is 17.1. The number of rotatable bonds is 3. The summed E-state index contributed by atoms with van der Waals surface area (Å²) < 4.78 is 39.7. The predicted octanol–water partition coefficient (Wildman–Crippen LogP) is 3.49. The molecule has 0 saturated carbocycles. The first-order chi connectivity index (χ1) is 9.31. The van der Waals surface area contributed by atoms with Crippen molar-refractivity contribution in [3.05, 3.63) is 40.1 Å². The van der Waals surface area contributed by atoms with E-state index in [1.165, 1.54) is 16.9 Å². The molecule has 0 aliphatic rings. The number of halogens is 4. The van der Waals surface area contributed by atoms with Crippen LogP contribution in [-0.2, 0) is 6.18 Å². The molecule has 0 bridgehead atoms. The van der Waals surface area contributed by atoms with Crippen LogP contribution in [-0.4, -0.2) is 20.1 Å². The number of nitrogens with zero attached hydrogens (tertiary/aromatic N) is 3. The Morgan fingerprint density at radius 3 is 2.65 bits per heavy atom. The van der Waals surface area contributed by atoms with Crippen LogP contribution in [0.1, 0.15) is 30.7 Å². The van der Waals surface area contributed by atoms with Crippen LogP contribution in [0.2, 0.25) is 0 Å². The first kappa shape index (κ1) is 15.0. The topological polar surface area (TPSA) is 50.9 Å². The van der Waals surface area contributed by atoms with Gasteiger partial charge in [-0.3, -0.25) is 0 Å². The molecule has 1 unspecified atom stereocenters. The summed E-state index contributed by atoms with van der Waals surface area (Å²) in [7, 11) is 0. The van der Waals surface area contributed by atoms with Crippen molar-refractivity contribution in [2.75, 3.05) is 0 Å². The third-order valence-electron chi connectivity index (χ3n) is 2.71. The monoisotopic (exact) mass is 349 g/mol. The minimum Gasteiger partial charge on any atom is -0.387 e. The lowest BCUT2D eigenvalue weighted by Crippen LogP contribution is -2.06. The van der Waals surface area contributed by atoms with Crippen LogP contribution in [0.3, 0.4) is 0 Å².